The zero-order valence-electron chi connectivity index (χ0n) is 10.8. The van der Waals surface area contributed by atoms with Crippen molar-refractivity contribution < 1.29 is 4.79 Å². The van der Waals surface area contributed by atoms with Gasteiger partial charge in [-0.05, 0) is 30.2 Å². The van der Waals surface area contributed by atoms with E-state index < -0.39 is 0 Å². The lowest BCUT2D eigenvalue weighted by molar-refractivity contribution is -0.116. The van der Waals surface area contributed by atoms with Crippen LogP contribution < -0.4 is 5.32 Å². The van der Waals surface area contributed by atoms with Crippen LogP contribution in [0.3, 0.4) is 0 Å². The van der Waals surface area contributed by atoms with Crippen LogP contribution in [0.4, 0.5) is 5.69 Å². The lowest BCUT2D eigenvalue weighted by Gasteiger charge is -2.13. The third-order valence-electron chi connectivity index (χ3n) is 2.67. The number of carbonyl (C=O) groups excluding carboxylic acids is 1. The summed E-state index contributed by atoms with van der Waals surface area (Å²) in [6, 6.07) is 7.73. The molecule has 1 atom stereocenters. The van der Waals surface area contributed by atoms with Crippen molar-refractivity contribution >= 4 is 38.9 Å². The number of thiazole rings is 1. The second kappa shape index (κ2) is 6.30. The summed E-state index contributed by atoms with van der Waals surface area (Å²) in [6.45, 7) is 4.01. The summed E-state index contributed by atoms with van der Waals surface area (Å²) < 4.78 is 0. The van der Waals surface area contributed by atoms with E-state index in [0.29, 0.717) is 0 Å². The summed E-state index contributed by atoms with van der Waals surface area (Å²) in [4.78, 5) is 16.0. The van der Waals surface area contributed by atoms with Gasteiger partial charge in [-0.3, -0.25) is 4.79 Å². The Morgan fingerprint density at radius 3 is 2.53 bits per heavy atom. The lowest BCUT2D eigenvalue weighted by atomic mass is 10.1. The first-order chi connectivity index (χ1) is 9.08. The standard InChI is InChI=1S/C14H15BrN2OS/c1-9(2)12(15)13(18)17-11-5-3-10(4-6-11)14-16-7-8-19-14/h3-9,12H,1-2H3,(H,17,18). The predicted octanol–water partition coefficient (Wildman–Crippen LogP) is 4.17. The molecule has 1 N–H and O–H groups in total. The number of halogens is 1. The van der Waals surface area contributed by atoms with E-state index in [-0.39, 0.29) is 16.7 Å². The van der Waals surface area contributed by atoms with Crippen molar-refractivity contribution in [2.45, 2.75) is 18.7 Å². The molecule has 0 saturated carbocycles. The minimum Gasteiger partial charge on any atom is -0.325 e. The van der Waals surface area contributed by atoms with Crippen molar-refractivity contribution in [1.29, 1.82) is 0 Å². The van der Waals surface area contributed by atoms with E-state index in [4.69, 9.17) is 0 Å². The van der Waals surface area contributed by atoms with Crippen LogP contribution >= 0.6 is 27.3 Å². The van der Waals surface area contributed by atoms with Crippen molar-refractivity contribution in [2.24, 2.45) is 5.92 Å². The van der Waals surface area contributed by atoms with Crippen LogP contribution in [0.15, 0.2) is 35.8 Å². The van der Waals surface area contributed by atoms with Gasteiger partial charge in [-0.25, -0.2) is 4.98 Å². The first kappa shape index (κ1) is 14.2. The Kier molecular flexibility index (Phi) is 4.71. The summed E-state index contributed by atoms with van der Waals surface area (Å²) in [5.41, 5.74) is 1.86. The molecular weight excluding hydrogens is 324 g/mol. The van der Waals surface area contributed by atoms with Crippen molar-refractivity contribution in [3.05, 3.63) is 35.8 Å². The van der Waals surface area contributed by atoms with Gasteiger partial charge in [-0.2, -0.15) is 0 Å². The highest BCUT2D eigenvalue weighted by Crippen LogP contribution is 2.23. The first-order valence-corrected chi connectivity index (χ1v) is 7.82. The van der Waals surface area contributed by atoms with Crippen LogP contribution in [0.1, 0.15) is 13.8 Å². The highest BCUT2D eigenvalue weighted by Gasteiger charge is 2.18. The van der Waals surface area contributed by atoms with Crippen LogP contribution in [0, 0.1) is 5.92 Å². The molecule has 1 aromatic carbocycles. The smallest absolute Gasteiger partial charge is 0.238 e. The van der Waals surface area contributed by atoms with Gasteiger partial charge in [-0.15, -0.1) is 11.3 Å². The number of anilines is 1. The molecule has 0 radical (unpaired) electrons. The number of nitrogens with one attached hydrogen (secondary N) is 1. The van der Waals surface area contributed by atoms with Gasteiger partial charge in [-0.1, -0.05) is 29.8 Å². The maximum Gasteiger partial charge on any atom is 0.238 e. The quantitative estimate of drug-likeness (QED) is 0.850. The Hall–Kier alpha value is -1.20. The molecule has 0 spiro atoms. The van der Waals surface area contributed by atoms with Crippen molar-refractivity contribution in [1.82, 2.24) is 4.98 Å². The third-order valence-corrected chi connectivity index (χ3v) is 4.96. The first-order valence-electron chi connectivity index (χ1n) is 6.03. The molecule has 3 nitrogen and oxygen atoms in total. The Morgan fingerprint density at radius 2 is 2.00 bits per heavy atom. The summed E-state index contributed by atoms with van der Waals surface area (Å²) in [5.74, 6) is 0.242. The molecular formula is C14H15BrN2OS. The number of aromatic nitrogens is 1. The highest BCUT2D eigenvalue weighted by molar-refractivity contribution is 9.10. The number of amides is 1. The average Bonchev–Trinajstić information content (AvgIpc) is 2.92. The Balaban J connectivity index is 2.05. The van der Waals surface area contributed by atoms with E-state index in [9.17, 15) is 4.79 Å². The van der Waals surface area contributed by atoms with Crippen molar-refractivity contribution in [3.63, 3.8) is 0 Å². The van der Waals surface area contributed by atoms with E-state index in [1.165, 1.54) is 0 Å². The number of rotatable bonds is 4. The summed E-state index contributed by atoms with van der Waals surface area (Å²) in [6.07, 6.45) is 1.79. The number of benzene rings is 1. The van der Waals surface area contributed by atoms with Gasteiger partial charge < -0.3 is 5.32 Å². The van der Waals surface area contributed by atoms with Gasteiger partial charge in [0.05, 0.1) is 4.83 Å². The molecule has 5 heteroatoms. The SMILES string of the molecule is CC(C)C(Br)C(=O)Nc1ccc(-c2nccs2)cc1. The van der Waals surface area contributed by atoms with Gasteiger partial charge in [0.2, 0.25) is 5.91 Å². The van der Waals surface area contributed by atoms with Crippen LogP contribution in [0.5, 0.6) is 0 Å². The minimum absolute atomic E-state index is 0.0167. The fourth-order valence-corrected chi connectivity index (χ4v) is 2.34. The lowest BCUT2D eigenvalue weighted by Crippen LogP contribution is -2.26. The Morgan fingerprint density at radius 1 is 1.32 bits per heavy atom. The number of hydrogen-bond acceptors (Lipinski definition) is 3. The number of alkyl halides is 1. The molecule has 0 bridgehead atoms. The van der Waals surface area contributed by atoms with Gasteiger partial charge in [0, 0.05) is 22.8 Å². The monoisotopic (exact) mass is 338 g/mol. The molecule has 1 amide bonds. The van der Waals surface area contributed by atoms with Crippen LogP contribution in [-0.2, 0) is 4.79 Å². The maximum absolute atomic E-state index is 11.9. The zero-order chi connectivity index (χ0) is 13.8. The van der Waals surface area contributed by atoms with Crippen molar-refractivity contribution in [2.75, 3.05) is 5.32 Å². The molecule has 1 unspecified atom stereocenters. The molecule has 0 saturated heterocycles. The van der Waals surface area contributed by atoms with E-state index >= 15 is 0 Å². The average molecular weight is 339 g/mol. The molecule has 1 aromatic heterocycles. The molecule has 1 heterocycles. The van der Waals surface area contributed by atoms with Gasteiger partial charge in [0.25, 0.3) is 0 Å². The van der Waals surface area contributed by atoms with Crippen LogP contribution in [-0.4, -0.2) is 15.7 Å². The molecule has 2 rings (SSSR count). The summed E-state index contributed by atoms with van der Waals surface area (Å²) >= 11 is 4.99. The normalized spacial score (nSPS) is 12.4. The van der Waals surface area contributed by atoms with Crippen molar-refractivity contribution in [3.8, 4) is 10.6 Å². The number of carbonyl (C=O) groups is 1. The number of nitrogens with zero attached hydrogens (tertiary/aromatic N) is 1. The van der Waals surface area contributed by atoms with Gasteiger partial charge in [0.15, 0.2) is 0 Å². The Labute approximate surface area is 125 Å². The van der Waals surface area contributed by atoms with Crippen LogP contribution in [0.2, 0.25) is 0 Å². The van der Waals surface area contributed by atoms with Gasteiger partial charge >= 0.3 is 0 Å². The largest absolute Gasteiger partial charge is 0.325 e. The van der Waals surface area contributed by atoms with Gasteiger partial charge in [0.1, 0.15) is 5.01 Å². The van der Waals surface area contributed by atoms with Crippen LogP contribution in [0.25, 0.3) is 10.6 Å². The Bertz CT molecular complexity index is 537. The highest BCUT2D eigenvalue weighted by atomic mass is 79.9. The maximum atomic E-state index is 11.9. The van der Waals surface area contributed by atoms with E-state index in [2.05, 4.69) is 26.2 Å². The molecule has 0 aliphatic carbocycles. The molecule has 0 fully saturated rings. The molecule has 2 aromatic rings. The van der Waals surface area contributed by atoms with E-state index in [1.54, 1.807) is 17.5 Å². The summed E-state index contributed by atoms with van der Waals surface area (Å²) in [5, 5.41) is 5.82. The second-order valence-electron chi connectivity index (χ2n) is 4.55. The van der Waals surface area contributed by atoms with E-state index in [1.807, 2.05) is 43.5 Å². The molecule has 0 aliphatic rings. The fraction of sp³-hybridized carbons (Fsp3) is 0.286. The molecule has 0 aliphatic heterocycles. The third kappa shape index (κ3) is 3.64. The number of hydrogen-bond donors (Lipinski definition) is 1. The zero-order valence-corrected chi connectivity index (χ0v) is 13.2. The van der Waals surface area contributed by atoms with E-state index in [0.717, 1.165) is 16.3 Å². The minimum atomic E-state index is -0.175. The second-order valence-corrected chi connectivity index (χ2v) is 6.43. The summed E-state index contributed by atoms with van der Waals surface area (Å²) in [7, 11) is 0. The molecule has 19 heavy (non-hydrogen) atoms. The fourth-order valence-electron chi connectivity index (χ4n) is 1.58. The topological polar surface area (TPSA) is 42.0 Å². The molecule has 100 valence electrons. The predicted molar refractivity (Wildman–Crippen MR) is 83.7 cm³/mol.